The van der Waals surface area contributed by atoms with Crippen molar-refractivity contribution in [1.82, 2.24) is 10.2 Å². The zero-order chi connectivity index (χ0) is 20.8. The molecule has 0 spiro atoms. The largest absolute Gasteiger partial charge is 0.486 e. The molecule has 0 fully saturated rings. The lowest BCUT2D eigenvalue weighted by molar-refractivity contribution is -0.119. The van der Waals surface area contributed by atoms with Crippen molar-refractivity contribution in [2.24, 2.45) is 0 Å². The maximum atomic E-state index is 13.0. The first-order valence-electron chi connectivity index (χ1n) is 9.59. The molecule has 0 aromatic heterocycles. The molecule has 0 saturated carbocycles. The predicted molar refractivity (Wildman–Crippen MR) is 114 cm³/mol. The molecule has 1 N–H and O–H groups in total. The first kappa shape index (κ1) is 21.0. The van der Waals surface area contributed by atoms with Crippen LogP contribution in [0.25, 0.3) is 0 Å². The fraction of sp³-hybridized carbons (Fsp3) is 0.364. The van der Waals surface area contributed by atoms with Gasteiger partial charge in [-0.3, -0.25) is 9.59 Å². The minimum absolute atomic E-state index is 0.0490. The number of thioether (sulfide) groups is 1. The van der Waals surface area contributed by atoms with Gasteiger partial charge >= 0.3 is 0 Å². The summed E-state index contributed by atoms with van der Waals surface area (Å²) in [6, 6.07) is 15.0. The highest BCUT2D eigenvalue weighted by molar-refractivity contribution is 8.00. The van der Waals surface area contributed by atoms with E-state index in [1.807, 2.05) is 56.3 Å². The molecule has 1 heterocycles. The number of ether oxygens (including phenoxy) is 2. The number of carbonyl (C=O) groups excluding carboxylic acids is 2. The number of rotatable bonds is 7. The van der Waals surface area contributed by atoms with E-state index in [-0.39, 0.29) is 29.7 Å². The molecular formula is C22H26N2O4S. The molecule has 2 amide bonds. The Hall–Kier alpha value is -2.67. The summed E-state index contributed by atoms with van der Waals surface area (Å²) in [5.41, 5.74) is 0.578. The van der Waals surface area contributed by atoms with E-state index in [2.05, 4.69) is 5.32 Å². The first-order chi connectivity index (χ1) is 13.9. The van der Waals surface area contributed by atoms with E-state index in [4.69, 9.17) is 9.47 Å². The van der Waals surface area contributed by atoms with Crippen LogP contribution in [-0.4, -0.2) is 54.8 Å². The molecule has 29 heavy (non-hydrogen) atoms. The van der Waals surface area contributed by atoms with E-state index in [9.17, 15) is 9.59 Å². The molecule has 0 aliphatic carbocycles. The number of carbonyl (C=O) groups is 2. The maximum absolute atomic E-state index is 13.0. The molecule has 2 aromatic carbocycles. The van der Waals surface area contributed by atoms with Crippen LogP contribution >= 0.6 is 11.8 Å². The second-order valence-electron chi connectivity index (χ2n) is 7.19. The van der Waals surface area contributed by atoms with Crippen LogP contribution in [0.5, 0.6) is 11.5 Å². The molecule has 6 nitrogen and oxygen atoms in total. The molecule has 1 aliphatic heterocycles. The fourth-order valence-electron chi connectivity index (χ4n) is 3.02. The smallest absolute Gasteiger partial charge is 0.254 e. The Bertz CT molecular complexity index is 871. The summed E-state index contributed by atoms with van der Waals surface area (Å²) in [5, 5.41) is 2.86. The lowest BCUT2D eigenvalue weighted by Gasteiger charge is -2.29. The highest BCUT2D eigenvalue weighted by Gasteiger charge is 2.25. The molecule has 1 unspecified atom stereocenters. The van der Waals surface area contributed by atoms with Crippen molar-refractivity contribution < 1.29 is 19.1 Å². The number of para-hydroxylation sites is 2. The zero-order valence-corrected chi connectivity index (χ0v) is 17.7. The normalized spacial score (nSPS) is 15.1. The number of amides is 2. The molecule has 154 valence electrons. The van der Waals surface area contributed by atoms with Gasteiger partial charge in [-0.2, -0.15) is 0 Å². The SMILES string of the molecule is CC(C)NC(=O)CSc1ccccc1C(=O)N(C)CC1COc2ccccc2O1. The fourth-order valence-corrected chi connectivity index (χ4v) is 3.88. The van der Waals surface area contributed by atoms with Crippen molar-refractivity contribution >= 4 is 23.6 Å². The Morgan fingerprint density at radius 1 is 1.14 bits per heavy atom. The summed E-state index contributed by atoms with van der Waals surface area (Å²) in [6.45, 7) is 4.63. The van der Waals surface area contributed by atoms with Crippen LogP contribution in [0, 0.1) is 0 Å². The molecule has 0 radical (unpaired) electrons. The summed E-state index contributed by atoms with van der Waals surface area (Å²) in [7, 11) is 1.75. The van der Waals surface area contributed by atoms with E-state index in [0.29, 0.717) is 24.5 Å². The number of hydrogen-bond donors (Lipinski definition) is 1. The summed E-state index contributed by atoms with van der Waals surface area (Å²) in [5.74, 6) is 1.52. The summed E-state index contributed by atoms with van der Waals surface area (Å²) in [6.07, 6.45) is -0.240. The van der Waals surface area contributed by atoms with Gasteiger partial charge in [0.15, 0.2) is 17.6 Å². The van der Waals surface area contributed by atoms with Crippen LogP contribution in [0.1, 0.15) is 24.2 Å². The number of benzene rings is 2. The van der Waals surface area contributed by atoms with Crippen molar-refractivity contribution in [3.63, 3.8) is 0 Å². The molecule has 7 heteroatoms. The number of likely N-dealkylation sites (N-methyl/N-ethyl adjacent to an activating group) is 1. The molecule has 0 bridgehead atoms. The van der Waals surface area contributed by atoms with E-state index in [1.165, 1.54) is 11.8 Å². The number of nitrogens with one attached hydrogen (secondary N) is 1. The van der Waals surface area contributed by atoms with Gasteiger partial charge in [0, 0.05) is 18.0 Å². The maximum Gasteiger partial charge on any atom is 0.254 e. The molecule has 1 aliphatic rings. The topological polar surface area (TPSA) is 67.9 Å². The van der Waals surface area contributed by atoms with Crippen LogP contribution in [-0.2, 0) is 4.79 Å². The Morgan fingerprint density at radius 3 is 2.59 bits per heavy atom. The van der Waals surface area contributed by atoms with E-state index >= 15 is 0 Å². The second-order valence-corrected chi connectivity index (χ2v) is 8.21. The molecule has 3 rings (SSSR count). The highest BCUT2D eigenvalue weighted by Crippen LogP contribution is 2.31. The van der Waals surface area contributed by atoms with Gasteiger partial charge in [-0.25, -0.2) is 0 Å². The third-order valence-electron chi connectivity index (χ3n) is 4.32. The van der Waals surface area contributed by atoms with Crippen molar-refractivity contribution in [1.29, 1.82) is 0 Å². The number of fused-ring (bicyclic) bond motifs is 1. The van der Waals surface area contributed by atoms with Gasteiger partial charge in [-0.05, 0) is 38.1 Å². The van der Waals surface area contributed by atoms with Gasteiger partial charge in [0.25, 0.3) is 5.91 Å². The van der Waals surface area contributed by atoms with Crippen LogP contribution in [0.2, 0.25) is 0 Å². The van der Waals surface area contributed by atoms with Gasteiger partial charge in [0.1, 0.15) is 6.61 Å². The van der Waals surface area contributed by atoms with E-state index in [0.717, 1.165) is 10.6 Å². The van der Waals surface area contributed by atoms with E-state index in [1.54, 1.807) is 18.0 Å². The van der Waals surface area contributed by atoms with Gasteiger partial charge in [0.2, 0.25) is 5.91 Å². The van der Waals surface area contributed by atoms with Gasteiger partial charge in [0.05, 0.1) is 17.9 Å². The third-order valence-corrected chi connectivity index (χ3v) is 5.39. The van der Waals surface area contributed by atoms with Gasteiger partial charge in [-0.15, -0.1) is 11.8 Å². The number of nitrogens with zero attached hydrogens (tertiary/aromatic N) is 1. The predicted octanol–water partition coefficient (Wildman–Crippen LogP) is 3.22. The Morgan fingerprint density at radius 2 is 1.83 bits per heavy atom. The first-order valence-corrected chi connectivity index (χ1v) is 10.6. The van der Waals surface area contributed by atoms with Crippen molar-refractivity contribution in [2.45, 2.75) is 30.9 Å². The molecule has 0 saturated heterocycles. The standard InChI is InChI=1S/C22H26N2O4S/c1-15(2)23-21(25)14-29-20-11-7-4-8-17(20)22(26)24(3)12-16-13-27-18-9-5-6-10-19(18)28-16/h4-11,15-16H,12-14H2,1-3H3,(H,23,25). The van der Waals surface area contributed by atoms with Gasteiger partial charge < -0.3 is 19.7 Å². The second kappa shape index (κ2) is 9.69. The summed E-state index contributed by atoms with van der Waals surface area (Å²) in [4.78, 5) is 27.4. The Balaban J connectivity index is 1.62. The highest BCUT2D eigenvalue weighted by atomic mass is 32.2. The van der Waals surface area contributed by atoms with Crippen LogP contribution in [0.4, 0.5) is 0 Å². The Labute approximate surface area is 175 Å². The van der Waals surface area contributed by atoms with Crippen molar-refractivity contribution in [3.05, 3.63) is 54.1 Å². The van der Waals surface area contributed by atoms with Crippen LogP contribution in [0.15, 0.2) is 53.4 Å². The summed E-state index contributed by atoms with van der Waals surface area (Å²) < 4.78 is 11.7. The summed E-state index contributed by atoms with van der Waals surface area (Å²) >= 11 is 1.36. The molecule has 1 atom stereocenters. The lowest BCUT2D eigenvalue weighted by Crippen LogP contribution is -2.41. The van der Waals surface area contributed by atoms with Crippen LogP contribution in [0.3, 0.4) is 0 Å². The average Bonchev–Trinajstić information content (AvgIpc) is 2.71. The molecular weight excluding hydrogens is 388 g/mol. The number of hydrogen-bond acceptors (Lipinski definition) is 5. The zero-order valence-electron chi connectivity index (χ0n) is 16.9. The third kappa shape index (κ3) is 5.67. The average molecular weight is 415 g/mol. The quantitative estimate of drug-likeness (QED) is 0.705. The van der Waals surface area contributed by atoms with Crippen molar-refractivity contribution in [3.8, 4) is 11.5 Å². The van der Waals surface area contributed by atoms with Gasteiger partial charge in [-0.1, -0.05) is 24.3 Å². The minimum atomic E-state index is -0.240. The minimum Gasteiger partial charge on any atom is -0.486 e. The van der Waals surface area contributed by atoms with Crippen molar-refractivity contribution in [2.75, 3.05) is 26.0 Å². The molecule has 2 aromatic rings. The Kier molecular flexibility index (Phi) is 7.04. The van der Waals surface area contributed by atoms with Crippen LogP contribution < -0.4 is 14.8 Å². The monoisotopic (exact) mass is 414 g/mol. The van der Waals surface area contributed by atoms with E-state index < -0.39 is 0 Å². The lowest BCUT2D eigenvalue weighted by atomic mass is 10.2.